The molecule has 0 radical (unpaired) electrons. The molecule has 1 saturated carbocycles. The predicted molar refractivity (Wildman–Crippen MR) is 104 cm³/mol. The highest BCUT2D eigenvalue weighted by Gasteiger charge is 2.19. The summed E-state index contributed by atoms with van der Waals surface area (Å²) in [5.74, 6) is 0.393. The first-order valence-electron chi connectivity index (χ1n) is 9.16. The third kappa shape index (κ3) is 5.90. The van der Waals surface area contributed by atoms with Crippen molar-refractivity contribution in [2.75, 3.05) is 0 Å². The molecule has 2 N–H and O–H groups in total. The van der Waals surface area contributed by atoms with Crippen LogP contribution in [0.4, 0.5) is 0 Å². The van der Waals surface area contributed by atoms with Gasteiger partial charge >= 0.3 is 0 Å². The Hall–Kier alpha value is -1.42. The second kappa shape index (κ2) is 9.16. The highest BCUT2D eigenvalue weighted by molar-refractivity contribution is 7.80. The van der Waals surface area contributed by atoms with Crippen molar-refractivity contribution in [3.8, 4) is 0 Å². The number of hydrogen-bond donors (Lipinski definition) is 2. The average Bonchev–Trinajstić information content (AvgIpc) is 2.55. The van der Waals surface area contributed by atoms with E-state index in [1.54, 1.807) is 0 Å². The Morgan fingerprint density at radius 2 is 1.75 bits per heavy atom. The first-order valence-corrected chi connectivity index (χ1v) is 9.56. The lowest BCUT2D eigenvalue weighted by Crippen LogP contribution is -2.46. The molecule has 2 rings (SSSR count). The van der Waals surface area contributed by atoms with Crippen LogP contribution >= 0.6 is 12.2 Å². The molecule has 1 atom stereocenters. The maximum atomic E-state index is 12.4. The molecule has 0 spiro atoms. The van der Waals surface area contributed by atoms with Gasteiger partial charge in [-0.05, 0) is 55.4 Å². The molecular weight excluding hydrogens is 316 g/mol. The highest BCUT2D eigenvalue weighted by atomic mass is 32.1. The van der Waals surface area contributed by atoms with Gasteiger partial charge in [-0.1, -0.05) is 57.4 Å². The van der Waals surface area contributed by atoms with Crippen LogP contribution in [0.1, 0.15) is 69.9 Å². The summed E-state index contributed by atoms with van der Waals surface area (Å²) in [7, 11) is 0. The SMILES string of the molecule is CC(C)Cc1ccc(C(C)C(=O)NC(=S)NC2CCCCC2)cc1. The van der Waals surface area contributed by atoms with E-state index in [-0.39, 0.29) is 11.8 Å². The van der Waals surface area contributed by atoms with Crippen molar-refractivity contribution >= 4 is 23.2 Å². The van der Waals surface area contributed by atoms with Crippen molar-refractivity contribution in [3.63, 3.8) is 0 Å². The number of rotatable bonds is 5. The van der Waals surface area contributed by atoms with Crippen LogP contribution in [-0.2, 0) is 11.2 Å². The fourth-order valence-corrected chi connectivity index (χ4v) is 3.52. The van der Waals surface area contributed by atoms with Crippen molar-refractivity contribution in [1.29, 1.82) is 0 Å². The van der Waals surface area contributed by atoms with Crippen molar-refractivity contribution in [2.45, 2.75) is 71.3 Å². The Labute approximate surface area is 151 Å². The number of nitrogens with one attached hydrogen (secondary N) is 2. The summed E-state index contributed by atoms with van der Waals surface area (Å²) < 4.78 is 0. The second-order valence-electron chi connectivity index (χ2n) is 7.36. The largest absolute Gasteiger partial charge is 0.360 e. The molecule has 0 aliphatic heterocycles. The number of benzene rings is 1. The van der Waals surface area contributed by atoms with E-state index in [9.17, 15) is 4.79 Å². The van der Waals surface area contributed by atoms with Gasteiger partial charge in [0.2, 0.25) is 5.91 Å². The number of thiocarbonyl (C=S) groups is 1. The summed E-state index contributed by atoms with van der Waals surface area (Å²) in [5.41, 5.74) is 2.34. The van der Waals surface area contributed by atoms with Crippen molar-refractivity contribution in [1.82, 2.24) is 10.6 Å². The van der Waals surface area contributed by atoms with Gasteiger partial charge in [0, 0.05) is 6.04 Å². The molecule has 0 heterocycles. The van der Waals surface area contributed by atoms with Crippen LogP contribution in [0.3, 0.4) is 0 Å². The number of amides is 1. The molecule has 1 aliphatic rings. The Bertz CT molecular complexity index is 547. The van der Waals surface area contributed by atoms with E-state index >= 15 is 0 Å². The van der Waals surface area contributed by atoms with Gasteiger partial charge in [0.05, 0.1) is 5.92 Å². The molecule has 0 bridgehead atoms. The summed E-state index contributed by atoms with van der Waals surface area (Å²) in [6.07, 6.45) is 7.14. The summed E-state index contributed by atoms with van der Waals surface area (Å²) in [6.45, 7) is 6.35. The number of carbonyl (C=O) groups is 1. The van der Waals surface area contributed by atoms with Crippen LogP contribution in [-0.4, -0.2) is 17.1 Å². The van der Waals surface area contributed by atoms with Crippen molar-refractivity contribution < 1.29 is 4.79 Å². The lowest BCUT2D eigenvalue weighted by atomic mass is 9.95. The van der Waals surface area contributed by atoms with Gasteiger partial charge in [-0.2, -0.15) is 0 Å². The van der Waals surface area contributed by atoms with Gasteiger partial charge in [0.25, 0.3) is 0 Å². The van der Waals surface area contributed by atoms with Gasteiger partial charge in [0.15, 0.2) is 5.11 Å². The zero-order chi connectivity index (χ0) is 17.5. The van der Waals surface area contributed by atoms with Crippen LogP contribution < -0.4 is 10.6 Å². The minimum Gasteiger partial charge on any atom is -0.360 e. The van der Waals surface area contributed by atoms with Gasteiger partial charge in [-0.25, -0.2) is 0 Å². The summed E-state index contributed by atoms with van der Waals surface area (Å²) >= 11 is 5.31. The fourth-order valence-electron chi connectivity index (χ4n) is 3.25. The molecule has 24 heavy (non-hydrogen) atoms. The first kappa shape index (κ1) is 18.9. The molecule has 4 heteroatoms. The zero-order valence-corrected chi connectivity index (χ0v) is 15.9. The highest BCUT2D eigenvalue weighted by Crippen LogP contribution is 2.19. The maximum absolute atomic E-state index is 12.4. The standard InChI is InChI=1S/C20H30N2OS/c1-14(2)13-16-9-11-17(12-10-16)15(3)19(23)22-20(24)21-18-7-5-4-6-8-18/h9-12,14-15,18H,4-8,13H2,1-3H3,(H2,21,22,23,24). The molecule has 1 aromatic carbocycles. The number of carbonyl (C=O) groups excluding carboxylic acids is 1. The normalized spacial score (nSPS) is 16.7. The van der Waals surface area contributed by atoms with Crippen LogP contribution in [0.15, 0.2) is 24.3 Å². The molecule has 1 amide bonds. The quantitative estimate of drug-likeness (QED) is 0.781. The van der Waals surface area contributed by atoms with E-state index in [0.29, 0.717) is 17.1 Å². The lowest BCUT2D eigenvalue weighted by molar-refractivity contribution is -0.120. The molecule has 1 unspecified atom stereocenters. The van der Waals surface area contributed by atoms with Crippen molar-refractivity contribution in [3.05, 3.63) is 35.4 Å². The Balaban J connectivity index is 1.85. The average molecular weight is 347 g/mol. The van der Waals surface area contributed by atoms with Gasteiger partial charge in [-0.3, -0.25) is 4.79 Å². The van der Waals surface area contributed by atoms with E-state index < -0.39 is 0 Å². The Morgan fingerprint density at radius 3 is 2.33 bits per heavy atom. The topological polar surface area (TPSA) is 41.1 Å². The molecule has 132 valence electrons. The van der Waals surface area contributed by atoms with Crippen LogP contribution in [0, 0.1) is 5.92 Å². The fraction of sp³-hybridized carbons (Fsp3) is 0.600. The molecule has 3 nitrogen and oxygen atoms in total. The molecule has 0 aromatic heterocycles. The van der Waals surface area contributed by atoms with Crippen LogP contribution in [0.2, 0.25) is 0 Å². The Morgan fingerprint density at radius 1 is 1.12 bits per heavy atom. The zero-order valence-electron chi connectivity index (χ0n) is 15.1. The van der Waals surface area contributed by atoms with Gasteiger partial charge in [-0.15, -0.1) is 0 Å². The molecule has 1 aromatic rings. The monoisotopic (exact) mass is 346 g/mol. The van der Waals surface area contributed by atoms with Gasteiger partial charge in [0.1, 0.15) is 0 Å². The third-order valence-electron chi connectivity index (χ3n) is 4.69. The minimum atomic E-state index is -0.204. The second-order valence-corrected chi connectivity index (χ2v) is 7.77. The van der Waals surface area contributed by atoms with E-state index in [2.05, 4.69) is 48.7 Å². The van der Waals surface area contributed by atoms with E-state index in [1.165, 1.54) is 24.8 Å². The maximum Gasteiger partial charge on any atom is 0.233 e. The third-order valence-corrected chi connectivity index (χ3v) is 4.91. The lowest BCUT2D eigenvalue weighted by Gasteiger charge is -2.24. The summed E-state index contributed by atoms with van der Waals surface area (Å²) in [5, 5.41) is 6.61. The van der Waals surface area contributed by atoms with Crippen LogP contribution in [0.25, 0.3) is 0 Å². The van der Waals surface area contributed by atoms with Crippen molar-refractivity contribution in [2.24, 2.45) is 5.92 Å². The van der Waals surface area contributed by atoms with Gasteiger partial charge < -0.3 is 10.6 Å². The molecule has 0 saturated heterocycles. The molecular formula is C20H30N2OS. The van der Waals surface area contributed by atoms with E-state index in [1.807, 2.05) is 6.92 Å². The first-order chi connectivity index (χ1) is 11.5. The summed E-state index contributed by atoms with van der Waals surface area (Å²) in [4.78, 5) is 12.4. The predicted octanol–water partition coefficient (Wildman–Crippen LogP) is 4.31. The molecule has 1 fully saturated rings. The Kier molecular flexibility index (Phi) is 7.22. The molecule has 1 aliphatic carbocycles. The number of hydrogen-bond acceptors (Lipinski definition) is 2. The van der Waals surface area contributed by atoms with E-state index in [4.69, 9.17) is 12.2 Å². The van der Waals surface area contributed by atoms with E-state index in [0.717, 1.165) is 24.8 Å². The summed E-state index contributed by atoms with van der Waals surface area (Å²) in [6, 6.07) is 8.77. The minimum absolute atomic E-state index is 0.0417. The van der Waals surface area contributed by atoms with Crippen LogP contribution in [0.5, 0.6) is 0 Å². The smallest absolute Gasteiger partial charge is 0.233 e.